The van der Waals surface area contributed by atoms with Gasteiger partial charge in [0.1, 0.15) is 10.6 Å². The minimum Gasteiger partial charge on any atom is -0.497 e. The molecule has 2 aromatic carbocycles. The molecule has 2 heterocycles. The second-order valence-corrected chi connectivity index (χ2v) is 8.77. The first-order valence-corrected chi connectivity index (χ1v) is 11.4. The Morgan fingerprint density at radius 2 is 1.72 bits per heavy atom. The number of thiophene rings is 1. The first-order valence-electron chi connectivity index (χ1n) is 9.43. The van der Waals surface area contributed by atoms with E-state index in [1.165, 1.54) is 11.1 Å². The fourth-order valence-electron chi connectivity index (χ4n) is 3.55. The molecule has 0 aliphatic heterocycles. The lowest BCUT2D eigenvalue weighted by molar-refractivity contribution is 0.415. The normalized spacial score (nSPS) is 11.2. The zero-order valence-electron chi connectivity index (χ0n) is 16.7. The van der Waals surface area contributed by atoms with Crippen LogP contribution in [-0.2, 0) is 11.9 Å². The summed E-state index contributed by atoms with van der Waals surface area (Å²) in [6.45, 7) is 4.73. The molecule has 4 aromatic rings. The van der Waals surface area contributed by atoms with Crippen molar-refractivity contribution in [2.24, 2.45) is 0 Å². The molecule has 0 fully saturated rings. The average molecular weight is 468 g/mol. The third-order valence-corrected chi connectivity index (χ3v) is 7.02. The van der Waals surface area contributed by atoms with Crippen molar-refractivity contribution in [1.29, 1.82) is 0 Å². The standard InChI is InChI=1S/C24H22BrNO2S/c1-15-4-6-17(7-5-15)14-26-13-16(2)22(27)21-20(12-25)23(29-24(21)26)18-8-10-19(28-3)11-9-18/h4-11,13H,12,14H2,1-3H3. The summed E-state index contributed by atoms with van der Waals surface area (Å²) in [5.74, 6) is 0.824. The Morgan fingerprint density at radius 3 is 2.34 bits per heavy atom. The Balaban J connectivity index is 1.91. The number of aryl methyl sites for hydroxylation is 2. The first-order chi connectivity index (χ1) is 14.0. The molecule has 0 N–H and O–H groups in total. The molecule has 4 rings (SSSR count). The number of alkyl halides is 1. The second-order valence-electron chi connectivity index (χ2n) is 7.21. The van der Waals surface area contributed by atoms with Gasteiger partial charge in [-0.1, -0.05) is 45.8 Å². The number of benzene rings is 2. The zero-order chi connectivity index (χ0) is 20.5. The summed E-state index contributed by atoms with van der Waals surface area (Å²) < 4.78 is 7.50. The van der Waals surface area contributed by atoms with Crippen LogP contribution in [0.25, 0.3) is 20.7 Å². The third kappa shape index (κ3) is 3.77. The summed E-state index contributed by atoms with van der Waals surface area (Å²) in [4.78, 5) is 15.2. The summed E-state index contributed by atoms with van der Waals surface area (Å²) in [6.07, 6.45) is 1.98. The van der Waals surface area contributed by atoms with Gasteiger partial charge in [0.2, 0.25) is 0 Å². The van der Waals surface area contributed by atoms with E-state index in [1.807, 2.05) is 25.3 Å². The molecule has 0 atom stereocenters. The van der Waals surface area contributed by atoms with Gasteiger partial charge in [-0.05, 0) is 54.8 Å². The van der Waals surface area contributed by atoms with E-state index in [4.69, 9.17) is 4.74 Å². The van der Waals surface area contributed by atoms with E-state index in [0.717, 1.165) is 44.1 Å². The smallest absolute Gasteiger partial charge is 0.193 e. The second kappa shape index (κ2) is 8.17. The van der Waals surface area contributed by atoms with Crippen molar-refractivity contribution in [3.63, 3.8) is 0 Å². The summed E-state index contributed by atoms with van der Waals surface area (Å²) in [6, 6.07) is 16.6. The van der Waals surface area contributed by atoms with Crippen LogP contribution in [0.1, 0.15) is 22.3 Å². The van der Waals surface area contributed by atoms with Crippen LogP contribution in [0.15, 0.2) is 59.5 Å². The summed E-state index contributed by atoms with van der Waals surface area (Å²) >= 11 is 5.31. The molecule has 148 valence electrons. The van der Waals surface area contributed by atoms with E-state index in [-0.39, 0.29) is 5.43 Å². The zero-order valence-corrected chi connectivity index (χ0v) is 19.1. The van der Waals surface area contributed by atoms with E-state index in [9.17, 15) is 4.79 Å². The quantitative estimate of drug-likeness (QED) is 0.322. The SMILES string of the molecule is COc1ccc(-c2sc3c(c2CBr)c(=O)c(C)cn3Cc2ccc(C)cc2)cc1. The van der Waals surface area contributed by atoms with Gasteiger partial charge in [0.25, 0.3) is 0 Å². The van der Waals surface area contributed by atoms with E-state index in [0.29, 0.717) is 5.33 Å². The van der Waals surface area contributed by atoms with Gasteiger partial charge in [0.05, 0.1) is 12.5 Å². The van der Waals surface area contributed by atoms with Gasteiger partial charge in [-0.3, -0.25) is 4.79 Å². The van der Waals surface area contributed by atoms with Crippen LogP contribution in [0.3, 0.4) is 0 Å². The fraction of sp³-hybridized carbons (Fsp3) is 0.208. The van der Waals surface area contributed by atoms with Gasteiger partial charge in [-0.2, -0.15) is 0 Å². The third-order valence-electron chi connectivity index (χ3n) is 5.14. The van der Waals surface area contributed by atoms with Crippen molar-refractivity contribution in [3.8, 4) is 16.2 Å². The highest BCUT2D eigenvalue weighted by atomic mass is 79.9. The molecule has 29 heavy (non-hydrogen) atoms. The lowest BCUT2D eigenvalue weighted by Gasteiger charge is -2.10. The maximum Gasteiger partial charge on any atom is 0.193 e. The monoisotopic (exact) mass is 467 g/mol. The van der Waals surface area contributed by atoms with Gasteiger partial charge in [-0.15, -0.1) is 11.3 Å². The first kappa shape index (κ1) is 19.9. The number of halogens is 1. The number of nitrogens with zero attached hydrogens (tertiary/aromatic N) is 1. The van der Waals surface area contributed by atoms with Crippen LogP contribution >= 0.6 is 27.3 Å². The molecule has 0 spiro atoms. The van der Waals surface area contributed by atoms with Crippen LogP contribution in [0.4, 0.5) is 0 Å². The number of hydrogen-bond donors (Lipinski definition) is 0. The van der Waals surface area contributed by atoms with Crippen molar-refractivity contribution in [3.05, 3.63) is 87.2 Å². The number of rotatable bonds is 5. The summed E-state index contributed by atoms with van der Waals surface area (Å²) in [7, 11) is 1.67. The molecule has 0 saturated heterocycles. The number of pyridine rings is 1. The van der Waals surface area contributed by atoms with Crippen molar-refractivity contribution in [1.82, 2.24) is 4.57 Å². The summed E-state index contributed by atoms with van der Waals surface area (Å²) in [5, 5.41) is 1.46. The minimum absolute atomic E-state index is 0.116. The maximum atomic E-state index is 13.1. The topological polar surface area (TPSA) is 31.2 Å². The van der Waals surface area contributed by atoms with E-state index in [2.05, 4.69) is 63.8 Å². The van der Waals surface area contributed by atoms with Gasteiger partial charge in [0.15, 0.2) is 5.43 Å². The highest BCUT2D eigenvalue weighted by Gasteiger charge is 2.19. The van der Waals surface area contributed by atoms with Gasteiger partial charge in [-0.25, -0.2) is 0 Å². The van der Waals surface area contributed by atoms with Crippen LogP contribution in [0.5, 0.6) is 5.75 Å². The molecule has 0 radical (unpaired) electrons. The highest BCUT2D eigenvalue weighted by molar-refractivity contribution is 9.08. The minimum atomic E-state index is 0.116. The molecule has 5 heteroatoms. The van der Waals surface area contributed by atoms with Crippen LogP contribution < -0.4 is 10.2 Å². The Kier molecular flexibility index (Phi) is 5.61. The highest BCUT2D eigenvalue weighted by Crippen LogP contribution is 2.39. The molecule has 0 aliphatic carbocycles. The fourth-order valence-corrected chi connectivity index (χ4v) is 5.59. The molecule has 0 saturated carbocycles. The lowest BCUT2D eigenvalue weighted by atomic mass is 10.1. The van der Waals surface area contributed by atoms with Crippen molar-refractivity contribution < 1.29 is 4.74 Å². The summed E-state index contributed by atoms with van der Waals surface area (Å²) in [5.41, 5.74) is 5.51. The predicted octanol–water partition coefficient (Wildman–Crippen LogP) is 6.30. The number of hydrogen-bond acceptors (Lipinski definition) is 3. The number of fused-ring (bicyclic) bond motifs is 1. The molecular weight excluding hydrogens is 446 g/mol. The molecule has 3 nitrogen and oxygen atoms in total. The molecule has 0 aliphatic rings. The van der Waals surface area contributed by atoms with Crippen LogP contribution in [0, 0.1) is 13.8 Å². The lowest BCUT2D eigenvalue weighted by Crippen LogP contribution is -2.12. The average Bonchev–Trinajstić information content (AvgIpc) is 3.13. The van der Waals surface area contributed by atoms with Crippen molar-refractivity contribution >= 4 is 37.5 Å². The number of ether oxygens (including phenoxy) is 1. The number of aromatic nitrogens is 1. The largest absolute Gasteiger partial charge is 0.497 e. The Hall–Kier alpha value is -2.37. The Morgan fingerprint density at radius 1 is 1.03 bits per heavy atom. The Labute approximate surface area is 182 Å². The van der Waals surface area contributed by atoms with Crippen LogP contribution in [0.2, 0.25) is 0 Å². The Bertz CT molecular complexity index is 1220. The molecular formula is C24H22BrNO2S. The van der Waals surface area contributed by atoms with E-state index < -0.39 is 0 Å². The van der Waals surface area contributed by atoms with Crippen molar-refractivity contribution in [2.75, 3.05) is 7.11 Å². The van der Waals surface area contributed by atoms with Crippen LogP contribution in [-0.4, -0.2) is 11.7 Å². The molecule has 0 amide bonds. The van der Waals surface area contributed by atoms with Gasteiger partial charge in [0, 0.05) is 28.5 Å². The molecule has 0 bridgehead atoms. The van der Waals surface area contributed by atoms with Gasteiger partial charge < -0.3 is 9.30 Å². The van der Waals surface area contributed by atoms with Crippen molar-refractivity contribution in [2.45, 2.75) is 25.7 Å². The molecule has 2 aromatic heterocycles. The predicted molar refractivity (Wildman–Crippen MR) is 126 cm³/mol. The maximum absolute atomic E-state index is 13.1. The van der Waals surface area contributed by atoms with E-state index >= 15 is 0 Å². The molecule has 0 unspecified atom stereocenters. The van der Waals surface area contributed by atoms with Gasteiger partial charge >= 0.3 is 0 Å². The number of methoxy groups -OCH3 is 1. The van der Waals surface area contributed by atoms with E-state index in [1.54, 1.807) is 18.4 Å².